The minimum Gasteiger partial charge on any atom is -0.456 e. The molecule has 4 heteroatoms. The molecule has 250 valence electrons. The van der Waals surface area contributed by atoms with E-state index in [0.29, 0.717) is 0 Å². The minimum atomic E-state index is 0.780. The Bertz CT molecular complexity index is 2690. The highest BCUT2D eigenvalue weighted by molar-refractivity contribution is 6.16. The molecule has 0 radical (unpaired) electrons. The molecule has 2 aliphatic heterocycles. The predicted octanol–water partition coefficient (Wildman–Crippen LogP) is 12.4. The number of ether oxygens (including phenoxy) is 2. The Hall–Kier alpha value is -6.36. The summed E-state index contributed by atoms with van der Waals surface area (Å²) in [7, 11) is 2.18. The van der Waals surface area contributed by atoms with Crippen molar-refractivity contribution in [3.8, 4) is 62.1 Å². The lowest BCUT2D eigenvalue weighted by molar-refractivity contribution is 0.373. The number of nitrogens with zero attached hydrogens (tertiary/aromatic N) is 2. The normalized spacial score (nSPS) is 14.0. The lowest BCUT2D eigenvalue weighted by Crippen LogP contribution is -2.24. The van der Waals surface area contributed by atoms with Crippen molar-refractivity contribution in [2.24, 2.45) is 0 Å². The maximum absolute atomic E-state index is 7.05. The van der Waals surface area contributed by atoms with Gasteiger partial charge in [-0.05, 0) is 96.4 Å². The van der Waals surface area contributed by atoms with E-state index < -0.39 is 0 Å². The highest BCUT2D eigenvalue weighted by Crippen LogP contribution is 2.49. The van der Waals surface area contributed by atoms with E-state index in [2.05, 4.69) is 162 Å². The van der Waals surface area contributed by atoms with Crippen molar-refractivity contribution in [3.05, 3.63) is 169 Å². The summed E-state index contributed by atoms with van der Waals surface area (Å²) in [4.78, 5) is 2.37. The minimum absolute atomic E-state index is 0.780. The summed E-state index contributed by atoms with van der Waals surface area (Å²) in [5, 5.41) is 2.43. The fraction of sp³-hybridized carbons (Fsp3) is 0.0833. The molecule has 0 amide bonds. The molecule has 7 aromatic carbocycles. The van der Waals surface area contributed by atoms with Gasteiger partial charge in [-0.3, -0.25) is 0 Å². The van der Waals surface area contributed by atoms with Crippen molar-refractivity contribution in [2.75, 3.05) is 20.1 Å². The third-order valence-corrected chi connectivity index (χ3v) is 10.5. The third-order valence-electron chi connectivity index (χ3n) is 10.5. The average Bonchev–Trinajstić information content (AvgIpc) is 3.53. The standard InChI is InChI=1S/C48H36N2O2/c1-49-28-12-13-34(31-49)32-24-26-39-40-27-25-33(30-47(40)52-45-23-10-7-17-38(45)37-16-6-9-22-44(37)51-46(39)29-32)36-19-11-21-43-48(36)41-18-5-8-20-42(41)50(43)35-14-3-2-4-15-35/h2-11,13-27,29-30H,12,28,31H2,1H3. The van der Waals surface area contributed by atoms with Crippen LogP contribution in [-0.4, -0.2) is 29.6 Å². The van der Waals surface area contributed by atoms with Crippen LogP contribution in [0.3, 0.4) is 0 Å². The fourth-order valence-corrected chi connectivity index (χ4v) is 8.04. The van der Waals surface area contributed by atoms with Crippen LogP contribution in [0.4, 0.5) is 0 Å². The molecule has 52 heavy (non-hydrogen) atoms. The number of hydrogen-bond donors (Lipinski definition) is 0. The first-order valence-electron chi connectivity index (χ1n) is 18.0. The molecule has 2 aliphatic rings. The zero-order valence-electron chi connectivity index (χ0n) is 28.9. The van der Waals surface area contributed by atoms with E-state index in [0.717, 1.165) is 81.6 Å². The average molecular weight is 673 g/mol. The molecule has 10 rings (SSSR count). The van der Waals surface area contributed by atoms with E-state index in [-0.39, 0.29) is 0 Å². The Kier molecular flexibility index (Phi) is 7.29. The number of rotatable bonds is 3. The third kappa shape index (κ3) is 5.11. The largest absolute Gasteiger partial charge is 0.456 e. The summed E-state index contributed by atoms with van der Waals surface area (Å²) >= 11 is 0. The van der Waals surface area contributed by atoms with Crippen LogP contribution in [0, 0.1) is 0 Å². The van der Waals surface area contributed by atoms with Crippen LogP contribution in [0.2, 0.25) is 0 Å². The highest BCUT2D eigenvalue weighted by atomic mass is 16.5. The van der Waals surface area contributed by atoms with Crippen LogP contribution >= 0.6 is 0 Å². The molecule has 3 heterocycles. The summed E-state index contributed by atoms with van der Waals surface area (Å²) in [5.74, 6) is 3.17. The molecule has 8 aromatic rings. The molecule has 0 atom stereocenters. The highest BCUT2D eigenvalue weighted by Gasteiger charge is 2.23. The van der Waals surface area contributed by atoms with Crippen LogP contribution in [0.1, 0.15) is 12.0 Å². The van der Waals surface area contributed by atoms with E-state index in [9.17, 15) is 0 Å². The molecule has 0 aliphatic carbocycles. The molecule has 1 aromatic heterocycles. The van der Waals surface area contributed by atoms with Gasteiger partial charge >= 0.3 is 0 Å². The second-order valence-corrected chi connectivity index (χ2v) is 13.8. The molecule has 0 saturated heterocycles. The zero-order chi connectivity index (χ0) is 34.6. The Morgan fingerprint density at radius 3 is 1.79 bits per heavy atom. The van der Waals surface area contributed by atoms with Crippen LogP contribution < -0.4 is 9.47 Å². The van der Waals surface area contributed by atoms with E-state index in [1.807, 2.05) is 18.2 Å². The van der Waals surface area contributed by atoms with Gasteiger partial charge in [0, 0.05) is 51.8 Å². The fourth-order valence-electron chi connectivity index (χ4n) is 8.04. The number of benzene rings is 7. The molecule has 0 fully saturated rings. The van der Waals surface area contributed by atoms with Crippen LogP contribution in [0.25, 0.3) is 66.4 Å². The van der Waals surface area contributed by atoms with Gasteiger partial charge in [0.05, 0.1) is 11.0 Å². The number of aromatic nitrogens is 1. The van der Waals surface area contributed by atoms with Gasteiger partial charge in [0.1, 0.15) is 23.0 Å². The van der Waals surface area contributed by atoms with Crippen LogP contribution in [0.15, 0.2) is 164 Å². The molecular formula is C48H36N2O2. The van der Waals surface area contributed by atoms with Crippen molar-refractivity contribution < 1.29 is 9.47 Å². The molecule has 0 unspecified atom stereocenters. The monoisotopic (exact) mass is 672 g/mol. The van der Waals surface area contributed by atoms with E-state index in [1.54, 1.807) is 0 Å². The Morgan fingerprint density at radius 1 is 0.481 bits per heavy atom. The topological polar surface area (TPSA) is 26.6 Å². The summed E-state index contributed by atoms with van der Waals surface area (Å²) < 4.78 is 16.4. The number of para-hydroxylation sites is 4. The van der Waals surface area contributed by atoms with Crippen molar-refractivity contribution in [1.82, 2.24) is 9.47 Å². The van der Waals surface area contributed by atoms with Crippen molar-refractivity contribution in [2.45, 2.75) is 6.42 Å². The zero-order valence-corrected chi connectivity index (χ0v) is 28.9. The van der Waals surface area contributed by atoms with E-state index in [1.165, 1.54) is 32.9 Å². The second kappa shape index (κ2) is 12.4. The number of hydrogen-bond acceptors (Lipinski definition) is 3. The van der Waals surface area contributed by atoms with Gasteiger partial charge in [-0.25, -0.2) is 0 Å². The van der Waals surface area contributed by atoms with Crippen LogP contribution in [0.5, 0.6) is 23.0 Å². The lowest BCUT2D eigenvalue weighted by Gasteiger charge is -2.25. The number of fused-ring (bicyclic) bond motifs is 9. The maximum Gasteiger partial charge on any atom is 0.136 e. The number of likely N-dealkylation sites (N-methyl/N-ethyl adjacent to an activating group) is 1. The van der Waals surface area contributed by atoms with Crippen molar-refractivity contribution in [3.63, 3.8) is 0 Å². The molecule has 0 N–H and O–H groups in total. The second-order valence-electron chi connectivity index (χ2n) is 13.8. The lowest BCUT2D eigenvalue weighted by atomic mass is 9.93. The van der Waals surface area contributed by atoms with Gasteiger partial charge in [-0.15, -0.1) is 0 Å². The Morgan fingerprint density at radius 2 is 1.06 bits per heavy atom. The quantitative estimate of drug-likeness (QED) is 0.187. The van der Waals surface area contributed by atoms with Gasteiger partial charge in [0.25, 0.3) is 0 Å². The molecule has 0 saturated carbocycles. The van der Waals surface area contributed by atoms with E-state index >= 15 is 0 Å². The Balaban J connectivity index is 1.20. The SMILES string of the molecule is CN1CCC=C(c2ccc3c(c2)Oc2ccccc2-c2ccccc2Oc2cc(-c4cccc5c4c4ccccc4n5-c4ccccc4)ccc2-3)C1. The summed E-state index contributed by atoms with van der Waals surface area (Å²) in [6.45, 7) is 1.99. The van der Waals surface area contributed by atoms with Gasteiger partial charge in [-0.1, -0.05) is 103 Å². The van der Waals surface area contributed by atoms with Crippen LogP contribution in [-0.2, 0) is 0 Å². The summed E-state index contributed by atoms with van der Waals surface area (Å²) in [5.41, 5.74) is 12.2. The molecule has 4 nitrogen and oxygen atoms in total. The summed E-state index contributed by atoms with van der Waals surface area (Å²) in [6, 6.07) is 55.7. The molecule has 0 spiro atoms. The molecule has 0 bridgehead atoms. The smallest absolute Gasteiger partial charge is 0.136 e. The maximum atomic E-state index is 7.05. The predicted molar refractivity (Wildman–Crippen MR) is 214 cm³/mol. The molecular weight excluding hydrogens is 637 g/mol. The summed E-state index contributed by atoms with van der Waals surface area (Å²) in [6.07, 6.45) is 3.41. The van der Waals surface area contributed by atoms with Gasteiger partial charge in [0.2, 0.25) is 0 Å². The Labute approximate surface area is 303 Å². The van der Waals surface area contributed by atoms with Crippen molar-refractivity contribution in [1.29, 1.82) is 0 Å². The van der Waals surface area contributed by atoms with Gasteiger partial charge in [0.15, 0.2) is 0 Å². The van der Waals surface area contributed by atoms with Gasteiger partial charge in [-0.2, -0.15) is 0 Å². The first-order valence-corrected chi connectivity index (χ1v) is 18.0. The first kappa shape index (κ1) is 30.5. The van der Waals surface area contributed by atoms with E-state index in [4.69, 9.17) is 9.47 Å². The first-order chi connectivity index (χ1) is 25.7. The van der Waals surface area contributed by atoms with Gasteiger partial charge < -0.3 is 18.9 Å². The van der Waals surface area contributed by atoms with Crippen molar-refractivity contribution >= 4 is 27.4 Å².